The second kappa shape index (κ2) is 15.4. The molecule has 0 bridgehead atoms. The summed E-state index contributed by atoms with van der Waals surface area (Å²) in [5.74, 6) is -4.03. The van der Waals surface area contributed by atoms with Crippen LogP contribution in [-0.2, 0) is 24.0 Å². The molecule has 0 aromatic rings. The molecule has 33 heavy (non-hydrogen) atoms. The number of aliphatic carboxylic acids is 1. The molecule has 3 unspecified atom stereocenters. The summed E-state index contributed by atoms with van der Waals surface area (Å²) in [7, 11) is 0. The van der Waals surface area contributed by atoms with E-state index in [0.29, 0.717) is 6.42 Å². The molecule has 0 aliphatic rings. The smallest absolute Gasteiger partial charge is 0.326 e. The number of carboxylic acid groups (broad SMARTS) is 1. The quantitative estimate of drug-likeness (QED) is 0.0639. The molecule has 0 spiro atoms. The fourth-order valence-electron chi connectivity index (χ4n) is 2.71. The Bertz CT molecular complexity index is 723. The number of hydrogen-bond donors (Lipinski definition) is 8. The van der Waals surface area contributed by atoms with Gasteiger partial charge in [0.1, 0.15) is 12.1 Å². The van der Waals surface area contributed by atoms with E-state index in [1.165, 1.54) is 0 Å². The Morgan fingerprint density at radius 2 is 1.58 bits per heavy atom. The molecule has 0 saturated heterocycles. The van der Waals surface area contributed by atoms with E-state index in [1.807, 2.05) is 13.8 Å². The van der Waals surface area contributed by atoms with Gasteiger partial charge in [-0.15, -0.1) is 0 Å². The number of amides is 4. The molecule has 4 amide bonds. The molecule has 3 atom stereocenters. The minimum atomic E-state index is -1.19. The van der Waals surface area contributed by atoms with Crippen molar-refractivity contribution in [2.75, 3.05) is 13.1 Å². The van der Waals surface area contributed by atoms with Crippen LogP contribution in [0.3, 0.4) is 0 Å². The largest absolute Gasteiger partial charge is 0.480 e. The minimum absolute atomic E-state index is 0.0260. The zero-order valence-corrected chi connectivity index (χ0v) is 19.0. The van der Waals surface area contributed by atoms with Crippen molar-refractivity contribution in [1.29, 1.82) is 0 Å². The van der Waals surface area contributed by atoms with Gasteiger partial charge in [0.15, 0.2) is 5.96 Å². The van der Waals surface area contributed by atoms with E-state index in [9.17, 15) is 29.1 Å². The van der Waals surface area contributed by atoms with Crippen molar-refractivity contribution in [2.24, 2.45) is 33.8 Å². The van der Waals surface area contributed by atoms with Crippen molar-refractivity contribution in [3.05, 3.63) is 0 Å². The maximum absolute atomic E-state index is 12.5. The van der Waals surface area contributed by atoms with Crippen LogP contribution >= 0.6 is 0 Å². The summed E-state index contributed by atoms with van der Waals surface area (Å²) < 4.78 is 0. The van der Waals surface area contributed by atoms with Gasteiger partial charge in [-0.2, -0.15) is 0 Å². The van der Waals surface area contributed by atoms with Crippen LogP contribution in [0.2, 0.25) is 0 Å². The maximum Gasteiger partial charge on any atom is 0.326 e. The van der Waals surface area contributed by atoms with Crippen LogP contribution in [-0.4, -0.2) is 71.9 Å². The number of carbonyl (C=O) groups excluding carboxylic acids is 4. The van der Waals surface area contributed by atoms with Crippen LogP contribution < -0.4 is 38.9 Å². The highest BCUT2D eigenvalue weighted by molar-refractivity contribution is 5.92. The molecule has 12 N–H and O–H groups in total. The number of aliphatic imine (C=N–C) groups is 1. The summed E-state index contributed by atoms with van der Waals surface area (Å²) >= 11 is 0. The van der Waals surface area contributed by atoms with Crippen molar-refractivity contribution >= 4 is 35.6 Å². The van der Waals surface area contributed by atoms with Crippen LogP contribution in [0.15, 0.2) is 4.99 Å². The van der Waals surface area contributed by atoms with Crippen LogP contribution in [0.1, 0.15) is 46.0 Å². The Morgan fingerprint density at radius 3 is 2.09 bits per heavy atom. The highest BCUT2D eigenvalue weighted by atomic mass is 16.4. The fourth-order valence-corrected chi connectivity index (χ4v) is 2.71. The van der Waals surface area contributed by atoms with Gasteiger partial charge >= 0.3 is 5.97 Å². The van der Waals surface area contributed by atoms with Crippen LogP contribution in [0, 0.1) is 5.92 Å². The summed E-state index contributed by atoms with van der Waals surface area (Å²) in [6.45, 7) is 3.37. The number of hydrogen-bond acceptors (Lipinski definition) is 7. The van der Waals surface area contributed by atoms with Gasteiger partial charge in [0.05, 0.1) is 12.6 Å². The average Bonchev–Trinajstić information content (AvgIpc) is 2.70. The first kappa shape index (κ1) is 29.6. The van der Waals surface area contributed by atoms with Crippen molar-refractivity contribution in [1.82, 2.24) is 16.0 Å². The van der Waals surface area contributed by atoms with Crippen LogP contribution in [0.5, 0.6) is 0 Å². The normalized spacial score (nSPS) is 13.3. The average molecular weight is 473 g/mol. The van der Waals surface area contributed by atoms with Gasteiger partial charge < -0.3 is 44.0 Å². The summed E-state index contributed by atoms with van der Waals surface area (Å²) in [5, 5.41) is 16.3. The third-order valence-corrected chi connectivity index (χ3v) is 4.38. The molecule has 14 heteroatoms. The molecule has 0 heterocycles. The third kappa shape index (κ3) is 14.3. The first-order valence-electron chi connectivity index (χ1n) is 10.5. The second-order valence-electron chi connectivity index (χ2n) is 7.93. The molecule has 0 aliphatic heterocycles. The zero-order chi connectivity index (χ0) is 25.6. The van der Waals surface area contributed by atoms with Crippen molar-refractivity contribution < 1.29 is 29.1 Å². The first-order chi connectivity index (χ1) is 15.3. The van der Waals surface area contributed by atoms with Gasteiger partial charge in [-0.05, 0) is 31.6 Å². The number of carboxylic acids is 1. The highest BCUT2D eigenvalue weighted by Gasteiger charge is 2.25. The lowest BCUT2D eigenvalue weighted by Gasteiger charge is -2.21. The number of nitrogens with zero attached hydrogens (tertiary/aromatic N) is 1. The molecule has 0 aromatic heterocycles. The predicted octanol–water partition coefficient (Wildman–Crippen LogP) is -3.15. The molecular weight excluding hydrogens is 436 g/mol. The maximum atomic E-state index is 12.5. The molecule has 0 saturated carbocycles. The Morgan fingerprint density at radius 1 is 0.939 bits per heavy atom. The molecule has 0 rings (SSSR count). The van der Waals surface area contributed by atoms with Gasteiger partial charge in [0.2, 0.25) is 23.6 Å². The van der Waals surface area contributed by atoms with Crippen LogP contribution in [0.25, 0.3) is 0 Å². The molecule has 0 fully saturated rings. The Hall–Kier alpha value is -3.42. The monoisotopic (exact) mass is 472 g/mol. The van der Waals surface area contributed by atoms with E-state index in [2.05, 4.69) is 20.9 Å². The van der Waals surface area contributed by atoms with Gasteiger partial charge in [-0.1, -0.05) is 13.8 Å². The molecule has 0 radical (unpaired) electrons. The second-order valence-corrected chi connectivity index (χ2v) is 7.93. The van der Waals surface area contributed by atoms with E-state index >= 15 is 0 Å². The van der Waals surface area contributed by atoms with E-state index < -0.39 is 54.3 Å². The topological polar surface area (TPSA) is 258 Å². The van der Waals surface area contributed by atoms with Gasteiger partial charge in [-0.25, -0.2) is 4.79 Å². The minimum Gasteiger partial charge on any atom is -0.480 e. The molecule has 0 aliphatic carbocycles. The standard InChI is InChI=1S/C19H36N8O6/c1-10(2)8-13(18(32)33)26-15(29)9-25-17(31)12(5-6-14(21)28)27-16(30)11(20)4-3-7-24-19(22)23/h10-13H,3-9,20H2,1-2H3,(H2,21,28)(H,25,31)(H,26,29)(H,27,30)(H,32,33)(H4,22,23,24). The van der Waals surface area contributed by atoms with E-state index in [-0.39, 0.29) is 44.1 Å². The molecule has 14 nitrogen and oxygen atoms in total. The van der Waals surface area contributed by atoms with Crippen molar-refractivity contribution in [3.63, 3.8) is 0 Å². The number of primary amides is 1. The van der Waals surface area contributed by atoms with Crippen LogP contribution in [0.4, 0.5) is 0 Å². The molecule has 188 valence electrons. The molecular formula is C19H36N8O6. The Kier molecular flexibility index (Phi) is 13.8. The predicted molar refractivity (Wildman–Crippen MR) is 120 cm³/mol. The first-order valence-corrected chi connectivity index (χ1v) is 10.5. The highest BCUT2D eigenvalue weighted by Crippen LogP contribution is 2.05. The van der Waals surface area contributed by atoms with Gasteiger partial charge in [0, 0.05) is 13.0 Å². The number of nitrogens with two attached hydrogens (primary N) is 4. The van der Waals surface area contributed by atoms with E-state index in [1.54, 1.807) is 0 Å². The molecule has 0 aromatic carbocycles. The zero-order valence-electron chi connectivity index (χ0n) is 19.0. The lowest BCUT2D eigenvalue weighted by atomic mass is 10.0. The number of nitrogens with one attached hydrogen (secondary N) is 3. The number of rotatable bonds is 16. The summed E-state index contributed by atoms with van der Waals surface area (Å²) in [6, 6.07) is -3.23. The third-order valence-electron chi connectivity index (χ3n) is 4.38. The summed E-state index contributed by atoms with van der Waals surface area (Å²) in [5.41, 5.74) is 21.4. The van der Waals surface area contributed by atoms with Crippen molar-refractivity contribution in [3.8, 4) is 0 Å². The van der Waals surface area contributed by atoms with Gasteiger partial charge in [0.25, 0.3) is 0 Å². The van der Waals surface area contributed by atoms with E-state index in [4.69, 9.17) is 22.9 Å². The Balaban J connectivity index is 4.88. The summed E-state index contributed by atoms with van der Waals surface area (Å²) in [6.07, 6.45) is 0.570. The SMILES string of the molecule is CC(C)CC(NC(=O)CNC(=O)C(CCC(N)=O)NC(=O)C(N)CCCN=C(N)N)C(=O)O. The van der Waals surface area contributed by atoms with E-state index in [0.717, 1.165) is 0 Å². The number of carbonyl (C=O) groups is 5. The lowest BCUT2D eigenvalue weighted by Crippen LogP contribution is -2.53. The fraction of sp³-hybridized carbons (Fsp3) is 0.684. The number of guanidine groups is 1. The Labute approximate surface area is 192 Å². The van der Waals surface area contributed by atoms with Crippen molar-refractivity contribution in [2.45, 2.75) is 64.1 Å². The summed E-state index contributed by atoms with van der Waals surface area (Å²) in [4.78, 5) is 63.0. The lowest BCUT2D eigenvalue weighted by molar-refractivity contribution is -0.142. The van der Waals surface area contributed by atoms with Gasteiger partial charge in [-0.3, -0.25) is 24.2 Å².